The summed E-state index contributed by atoms with van der Waals surface area (Å²) >= 11 is 0. The number of anilines is 1. The van der Waals surface area contributed by atoms with Crippen LogP contribution in [0.25, 0.3) is 5.65 Å². The summed E-state index contributed by atoms with van der Waals surface area (Å²) in [7, 11) is 3.34. The Labute approximate surface area is 163 Å². The summed E-state index contributed by atoms with van der Waals surface area (Å²) in [5, 5.41) is 4.23. The zero-order valence-corrected chi connectivity index (χ0v) is 15.8. The normalized spacial score (nSPS) is 10.8. The molecule has 142 valence electrons. The van der Waals surface area contributed by atoms with Crippen LogP contribution < -0.4 is 14.4 Å². The highest BCUT2D eigenvalue weighted by Crippen LogP contribution is 2.23. The van der Waals surface area contributed by atoms with E-state index in [9.17, 15) is 0 Å². The highest BCUT2D eigenvalue weighted by molar-refractivity contribution is 5.63. The van der Waals surface area contributed by atoms with Crippen LogP contribution in [-0.2, 0) is 13.1 Å². The number of hydrogen-bond acceptors (Lipinski definition) is 6. The highest BCUT2D eigenvalue weighted by atomic mass is 16.5. The number of nitrogens with zero attached hydrogens (tertiary/aromatic N) is 5. The van der Waals surface area contributed by atoms with Gasteiger partial charge >= 0.3 is 0 Å². The van der Waals surface area contributed by atoms with Gasteiger partial charge in [-0.2, -0.15) is 5.10 Å². The number of aromatic nitrogens is 4. The third kappa shape index (κ3) is 3.73. The summed E-state index contributed by atoms with van der Waals surface area (Å²) in [5.41, 5.74) is 3.03. The van der Waals surface area contributed by atoms with Crippen LogP contribution >= 0.6 is 0 Å². The minimum Gasteiger partial charge on any atom is -0.497 e. The standard InChI is InChI=1S/C21H21N5O2/c1-27-18-7-3-16(4-8-18)13-25(14-17-5-9-19(28-2)10-6-17)20-21-23-15-24-26(21)12-11-22-20/h3-12,15H,13-14H2,1-2H3. The van der Waals surface area contributed by atoms with Gasteiger partial charge in [0.15, 0.2) is 11.5 Å². The monoisotopic (exact) mass is 375 g/mol. The van der Waals surface area contributed by atoms with Crippen molar-refractivity contribution < 1.29 is 9.47 Å². The van der Waals surface area contributed by atoms with E-state index in [4.69, 9.17) is 9.47 Å². The predicted molar refractivity (Wildman–Crippen MR) is 107 cm³/mol. The molecule has 0 fully saturated rings. The van der Waals surface area contributed by atoms with Crippen molar-refractivity contribution in [2.24, 2.45) is 0 Å². The van der Waals surface area contributed by atoms with Gasteiger partial charge in [-0.3, -0.25) is 0 Å². The molecule has 0 aliphatic carbocycles. The molecule has 0 amide bonds. The molecule has 0 aliphatic heterocycles. The Kier molecular flexibility index (Phi) is 5.05. The third-order valence-corrected chi connectivity index (χ3v) is 4.54. The summed E-state index contributed by atoms with van der Waals surface area (Å²) in [5.74, 6) is 2.46. The smallest absolute Gasteiger partial charge is 0.198 e. The number of methoxy groups -OCH3 is 2. The van der Waals surface area contributed by atoms with Gasteiger partial charge in [0.2, 0.25) is 0 Å². The molecule has 4 aromatic rings. The maximum Gasteiger partial charge on any atom is 0.198 e. The Bertz CT molecular complexity index is 995. The Morgan fingerprint density at radius 2 is 1.39 bits per heavy atom. The largest absolute Gasteiger partial charge is 0.497 e. The van der Waals surface area contributed by atoms with Gasteiger partial charge < -0.3 is 14.4 Å². The molecule has 2 heterocycles. The highest BCUT2D eigenvalue weighted by Gasteiger charge is 2.15. The summed E-state index contributed by atoms with van der Waals surface area (Å²) in [6.07, 6.45) is 5.08. The third-order valence-electron chi connectivity index (χ3n) is 4.54. The number of hydrogen-bond donors (Lipinski definition) is 0. The molecule has 0 bridgehead atoms. The first kappa shape index (κ1) is 17.8. The topological polar surface area (TPSA) is 64.8 Å². The molecule has 28 heavy (non-hydrogen) atoms. The quantitative estimate of drug-likeness (QED) is 0.494. The molecule has 7 nitrogen and oxygen atoms in total. The van der Waals surface area contributed by atoms with Gasteiger partial charge in [-0.25, -0.2) is 14.5 Å². The van der Waals surface area contributed by atoms with Crippen LogP contribution in [0.5, 0.6) is 11.5 Å². The first-order valence-electron chi connectivity index (χ1n) is 8.92. The lowest BCUT2D eigenvalue weighted by Crippen LogP contribution is -2.24. The fraction of sp³-hybridized carbons (Fsp3) is 0.190. The van der Waals surface area contributed by atoms with Gasteiger partial charge in [0.05, 0.1) is 14.2 Å². The summed E-state index contributed by atoms with van der Waals surface area (Å²) in [6, 6.07) is 16.1. The van der Waals surface area contributed by atoms with Gasteiger partial charge in [0.25, 0.3) is 0 Å². The average molecular weight is 375 g/mol. The van der Waals surface area contributed by atoms with Crippen LogP contribution in [0.1, 0.15) is 11.1 Å². The SMILES string of the molecule is COc1ccc(CN(Cc2ccc(OC)cc2)c2nccn3ncnc23)cc1. The molecule has 0 radical (unpaired) electrons. The number of fused-ring (bicyclic) bond motifs is 1. The van der Waals surface area contributed by atoms with E-state index >= 15 is 0 Å². The van der Waals surface area contributed by atoms with E-state index in [-0.39, 0.29) is 0 Å². The van der Waals surface area contributed by atoms with Crippen LogP contribution in [0.3, 0.4) is 0 Å². The lowest BCUT2D eigenvalue weighted by Gasteiger charge is -2.24. The van der Waals surface area contributed by atoms with E-state index in [1.807, 2.05) is 24.3 Å². The molecular weight excluding hydrogens is 354 g/mol. The van der Waals surface area contributed by atoms with Crippen molar-refractivity contribution in [2.75, 3.05) is 19.1 Å². The fourth-order valence-electron chi connectivity index (χ4n) is 3.08. The second-order valence-corrected chi connectivity index (χ2v) is 6.33. The lowest BCUT2D eigenvalue weighted by atomic mass is 10.1. The molecule has 2 aromatic heterocycles. The zero-order chi connectivity index (χ0) is 19.3. The van der Waals surface area contributed by atoms with E-state index in [0.717, 1.165) is 34.1 Å². The molecule has 2 aromatic carbocycles. The zero-order valence-electron chi connectivity index (χ0n) is 15.8. The predicted octanol–water partition coefficient (Wildman–Crippen LogP) is 3.35. The van der Waals surface area contributed by atoms with E-state index in [2.05, 4.69) is 44.2 Å². The Morgan fingerprint density at radius 3 is 1.93 bits per heavy atom. The van der Waals surface area contributed by atoms with Crippen molar-refractivity contribution in [2.45, 2.75) is 13.1 Å². The Hall–Kier alpha value is -3.61. The van der Waals surface area contributed by atoms with Gasteiger partial charge in [-0.15, -0.1) is 0 Å². The number of ether oxygens (including phenoxy) is 2. The molecule has 0 aliphatic rings. The van der Waals surface area contributed by atoms with E-state index in [0.29, 0.717) is 13.1 Å². The van der Waals surface area contributed by atoms with E-state index in [1.165, 1.54) is 0 Å². The lowest BCUT2D eigenvalue weighted by molar-refractivity contribution is 0.414. The van der Waals surface area contributed by atoms with Crippen molar-refractivity contribution in [3.63, 3.8) is 0 Å². The minimum atomic E-state index is 0.676. The van der Waals surface area contributed by atoms with Crippen LogP contribution in [0.2, 0.25) is 0 Å². The fourth-order valence-corrected chi connectivity index (χ4v) is 3.08. The van der Waals surface area contributed by atoms with Crippen molar-refractivity contribution >= 4 is 11.5 Å². The summed E-state index contributed by atoms with van der Waals surface area (Å²) in [6.45, 7) is 1.35. The van der Waals surface area contributed by atoms with Crippen LogP contribution in [0.15, 0.2) is 67.3 Å². The maximum atomic E-state index is 5.26. The van der Waals surface area contributed by atoms with Gasteiger partial charge in [0.1, 0.15) is 17.8 Å². The van der Waals surface area contributed by atoms with Crippen molar-refractivity contribution in [1.82, 2.24) is 19.6 Å². The molecule has 0 N–H and O–H groups in total. The van der Waals surface area contributed by atoms with Crippen LogP contribution in [0.4, 0.5) is 5.82 Å². The Balaban J connectivity index is 1.67. The number of benzene rings is 2. The molecule has 0 unspecified atom stereocenters. The van der Waals surface area contributed by atoms with Gasteiger partial charge in [-0.1, -0.05) is 24.3 Å². The first-order valence-corrected chi connectivity index (χ1v) is 8.92. The molecular formula is C21H21N5O2. The molecule has 0 atom stereocenters. The van der Waals surface area contributed by atoms with Gasteiger partial charge in [0, 0.05) is 25.5 Å². The summed E-state index contributed by atoms with van der Waals surface area (Å²) in [4.78, 5) is 11.2. The maximum absolute atomic E-state index is 5.26. The molecule has 0 spiro atoms. The summed E-state index contributed by atoms with van der Waals surface area (Å²) < 4.78 is 12.3. The second-order valence-electron chi connectivity index (χ2n) is 6.33. The molecule has 7 heteroatoms. The van der Waals surface area contributed by atoms with E-state index < -0.39 is 0 Å². The first-order chi connectivity index (χ1) is 13.8. The number of rotatable bonds is 7. The van der Waals surface area contributed by atoms with E-state index in [1.54, 1.807) is 37.5 Å². The average Bonchev–Trinajstić information content (AvgIpc) is 3.23. The molecule has 0 saturated carbocycles. The Morgan fingerprint density at radius 1 is 0.821 bits per heavy atom. The second kappa shape index (κ2) is 7.96. The molecule has 4 rings (SSSR count). The van der Waals surface area contributed by atoms with Crippen molar-refractivity contribution in [3.8, 4) is 11.5 Å². The minimum absolute atomic E-state index is 0.676. The van der Waals surface area contributed by atoms with Gasteiger partial charge in [-0.05, 0) is 35.4 Å². The van der Waals surface area contributed by atoms with Crippen LogP contribution in [-0.4, -0.2) is 33.8 Å². The molecule has 0 saturated heterocycles. The van der Waals surface area contributed by atoms with Crippen molar-refractivity contribution in [1.29, 1.82) is 0 Å². The van der Waals surface area contributed by atoms with Crippen LogP contribution in [0, 0.1) is 0 Å². The van der Waals surface area contributed by atoms with Crippen molar-refractivity contribution in [3.05, 3.63) is 78.4 Å².